The second-order valence-corrected chi connectivity index (χ2v) is 3.96. The van der Waals surface area contributed by atoms with Crippen molar-refractivity contribution < 1.29 is 5.11 Å². The Labute approximate surface area is 82.7 Å². The summed E-state index contributed by atoms with van der Waals surface area (Å²) in [5, 5.41) is 12.4. The van der Waals surface area contributed by atoms with Crippen LogP contribution in [0.15, 0.2) is 0 Å². The number of hydrogen-bond donors (Lipinski definition) is 2. The summed E-state index contributed by atoms with van der Waals surface area (Å²) in [6, 6.07) is 1.04. The molecule has 0 saturated heterocycles. The Hall–Kier alpha value is -0.0800. The monoisotopic (exact) mass is 187 g/mol. The van der Waals surface area contributed by atoms with Gasteiger partial charge in [-0.25, -0.2) is 0 Å². The van der Waals surface area contributed by atoms with Crippen LogP contribution in [0, 0.1) is 5.92 Å². The van der Waals surface area contributed by atoms with Crippen molar-refractivity contribution in [1.82, 2.24) is 5.32 Å². The van der Waals surface area contributed by atoms with Gasteiger partial charge in [0.2, 0.25) is 0 Å². The lowest BCUT2D eigenvalue weighted by molar-refractivity contribution is 0.246. The molecule has 0 aromatic rings. The largest absolute Gasteiger partial charge is 0.396 e. The van der Waals surface area contributed by atoms with E-state index in [-0.39, 0.29) is 0 Å². The van der Waals surface area contributed by atoms with Crippen LogP contribution < -0.4 is 5.32 Å². The molecule has 2 nitrogen and oxygen atoms in total. The standard InChI is InChI=1S/C11H25NO/c1-5-9(3)10(4)12-11(6-2)7-8-13/h9-13H,5-8H2,1-4H3. The van der Waals surface area contributed by atoms with Crippen LogP contribution in [0.4, 0.5) is 0 Å². The molecule has 0 saturated carbocycles. The molecule has 0 spiro atoms. The summed E-state index contributed by atoms with van der Waals surface area (Å²) in [7, 11) is 0. The Morgan fingerprint density at radius 2 is 1.77 bits per heavy atom. The molecule has 0 amide bonds. The number of nitrogens with one attached hydrogen (secondary N) is 1. The number of rotatable bonds is 7. The van der Waals surface area contributed by atoms with Gasteiger partial charge in [0.05, 0.1) is 0 Å². The zero-order valence-corrected chi connectivity index (χ0v) is 9.51. The fraction of sp³-hybridized carbons (Fsp3) is 1.00. The number of hydrogen-bond acceptors (Lipinski definition) is 2. The van der Waals surface area contributed by atoms with Gasteiger partial charge < -0.3 is 10.4 Å². The molecule has 0 rings (SSSR count). The van der Waals surface area contributed by atoms with Gasteiger partial charge in [-0.2, -0.15) is 0 Å². The zero-order chi connectivity index (χ0) is 10.3. The molecule has 2 N–H and O–H groups in total. The van der Waals surface area contributed by atoms with E-state index in [1.165, 1.54) is 6.42 Å². The third kappa shape index (κ3) is 5.27. The fourth-order valence-electron chi connectivity index (χ4n) is 1.45. The summed E-state index contributed by atoms with van der Waals surface area (Å²) in [4.78, 5) is 0. The van der Waals surface area contributed by atoms with Gasteiger partial charge in [0.15, 0.2) is 0 Å². The van der Waals surface area contributed by atoms with Crippen LogP contribution in [0.25, 0.3) is 0 Å². The summed E-state index contributed by atoms with van der Waals surface area (Å²) < 4.78 is 0. The molecule has 80 valence electrons. The van der Waals surface area contributed by atoms with Crippen LogP contribution >= 0.6 is 0 Å². The lowest BCUT2D eigenvalue weighted by Crippen LogP contribution is -2.40. The molecule has 0 aliphatic heterocycles. The van der Waals surface area contributed by atoms with E-state index in [0.29, 0.717) is 24.6 Å². The highest BCUT2D eigenvalue weighted by molar-refractivity contribution is 4.73. The quantitative estimate of drug-likeness (QED) is 0.640. The molecule has 2 heteroatoms. The van der Waals surface area contributed by atoms with Gasteiger partial charge in [-0.05, 0) is 25.7 Å². The van der Waals surface area contributed by atoms with Gasteiger partial charge in [0.25, 0.3) is 0 Å². The first-order valence-corrected chi connectivity index (χ1v) is 5.52. The molecular weight excluding hydrogens is 162 g/mol. The molecular formula is C11H25NO. The molecule has 3 atom stereocenters. The van der Waals surface area contributed by atoms with Crippen molar-refractivity contribution in [3.8, 4) is 0 Å². The molecule has 0 bridgehead atoms. The molecule has 0 aromatic carbocycles. The van der Waals surface area contributed by atoms with Crippen molar-refractivity contribution in [2.24, 2.45) is 5.92 Å². The van der Waals surface area contributed by atoms with E-state index in [1.807, 2.05) is 0 Å². The predicted octanol–water partition coefficient (Wildman–Crippen LogP) is 2.17. The highest BCUT2D eigenvalue weighted by Crippen LogP contribution is 2.09. The minimum atomic E-state index is 0.290. The van der Waals surface area contributed by atoms with Gasteiger partial charge in [-0.1, -0.05) is 27.2 Å². The lowest BCUT2D eigenvalue weighted by atomic mass is 9.99. The van der Waals surface area contributed by atoms with Crippen LogP contribution in [0.1, 0.15) is 47.0 Å². The van der Waals surface area contributed by atoms with Gasteiger partial charge >= 0.3 is 0 Å². The molecule has 0 heterocycles. The van der Waals surface area contributed by atoms with Crippen LogP contribution in [0.3, 0.4) is 0 Å². The third-order valence-electron chi connectivity index (χ3n) is 2.97. The van der Waals surface area contributed by atoms with Crippen molar-refractivity contribution >= 4 is 0 Å². The molecule has 13 heavy (non-hydrogen) atoms. The van der Waals surface area contributed by atoms with Gasteiger partial charge in [-0.3, -0.25) is 0 Å². The topological polar surface area (TPSA) is 32.3 Å². The first-order chi connectivity index (χ1) is 6.15. The van der Waals surface area contributed by atoms with Crippen LogP contribution in [-0.4, -0.2) is 23.8 Å². The minimum Gasteiger partial charge on any atom is -0.396 e. The predicted molar refractivity (Wildman–Crippen MR) is 57.8 cm³/mol. The summed E-state index contributed by atoms with van der Waals surface area (Å²) in [6.45, 7) is 9.17. The summed E-state index contributed by atoms with van der Waals surface area (Å²) in [6.07, 6.45) is 3.18. The fourth-order valence-corrected chi connectivity index (χ4v) is 1.45. The molecule has 0 aromatic heterocycles. The lowest BCUT2D eigenvalue weighted by Gasteiger charge is -2.25. The first-order valence-electron chi connectivity index (χ1n) is 5.52. The molecule has 3 unspecified atom stereocenters. The van der Waals surface area contributed by atoms with Crippen LogP contribution in [-0.2, 0) is 0 Å². The van der Waals surface area contributed by atoms with Gasteiger partial charge in [0, 0.05) is 18.7 Å². The van der Waals surface area contributed by atoms with Crippen molar-refractivity contribution in [1.29, 1.82) is 0 Å². The highest BCUT2D eigenvalue weighted by atomic mass is 16.3. The number of aliphatic hydroxyl groups excluding tert-OH is 1. The Balaban J connectivity index is 3.78. The molecule has 0 aliphatic carbocycles. The maximum absolute atomic E-state index is 8.84. The van der Waals surface area contributed by atoms with E-state index in [1.54, 1.807) is 0 Å². The molecule has 0 radical (unpaired) electrons. The van der Waals surface area contributed by atoms with E-state index in [0.717, 1.165) is 12.8 Å². The van der Waals surface area contributed by atoms with Crippen LogP contribution in [0.5, 0.6) is 0 Å². The number of aliphatic hydroxyl groups is 1. The zero-order valence-electron chi connectivity index (χ0n) is 9.51. The van der Waals surface area contributed by atoms with Crippen molar-refractivity contribution in [2.45, 2.75) is 59.0 Å². The SMILES string of the molecule is CCC(CCO)NC(C)C(C)CC. The second kappa shape index (κ2) is 7.34. The summed E-state index contributed by atoms with van der Waals surface area (Å²) >= 11 is 0. The molecule has 0 fully saturated rings. The maximum Gasteiger partial charge on any atom is 0.0445 e. The van der Waals surface area contributed by atoms with E-state index in [9.17, 15) is 0 Å². The first kappa shape index (κ1) is 12.9. The Morgan fingerprint density at radius 3 is 2.15 bits per heavy atom. The average molecular weight is 187 g/mol. The van der Waals surface area contributed by atoms with Gasteiger partial charge in [0.1, 0.15) is 0 Å². The average Bonchev–Trinajstić information content (AvgIpc) is 2.15. The van der Waals surface area contributed by atoms with Crippen molar-refractivity contribution in [2.75, 3.05) is 6.61 Å². The smallest absolute Gasteiger partial charge is 0.0445 e. The highest BCUT2D eigenvalue weighted by Gasteiger charge is 2.13. The third-order valence-corrected chi connectivity index (χ3v) is 2.97. The summed E-state index contributed by atoms with van der Waals surface area (Å²) in [5.74, 6) is 0.716. The molecule has 0 aliphatic rings. The van der Waals surface area contributed by atoms with Gasteiger partial charge in [-0.15, -0.1) is 0 Å². The summed E-state index contributed by atoms with van der Waals surface area (Å²) in [5.41, 5.74) is 0. The van der Waals surface area contributed by atoms with Crippen molar-refractivity contribution in [3.63, 3.8) is 0 Å². The van der Waals surface area contributed by atoms with E-state index in [4.69, 9.17) is 5.11 Å². The van der Waals surface area contributed by atoms with Crippen LogP contribution in [0.2, 0.25) is 0 Å². The van der Waals surface area contributed by atoms with Crippen molar-refractivity contribution in [3.05, 3.63) is 0 Å². The maximum atomic E-state index is 8.84. The second-order valence-electron chi connectivity index (χ2n) is 3.96. The Bertz CT molecular complexity index is 117. The van der Waals surface area contributed by atoms with E-state index in [2.05, 4.69) is 33.0 Å². The van der Waals surface area contributed by atoms with E-state index >= 15 is 0 Å². The normalized spacial score (nSPS) is 18.2. The Kier molecular flexibility index (Phi) is 7.29. The van der Waals surface area contributed by atoms with E-state index < -0.39 is 0 Å². The minimum absolute atomic E-state index is 0.290. The Morgan fingerprint density at radius 1 is 1.15 bits per heavy atom.